The number of rotatable bonds is 3. The number of carbonyl (C=O) groups excluding carboxylic acids is 1. The molecule has 1 fully saturated rings. The van der Waals surface area contributed by atoms with Crippen LogP contribution in [0.2, 0.25) is 0 Å². The molecule has 1 aliphatic heterocycles. The molecule has 3 heteroatoms. The second-order valence-corrected chi connectivity index (χ2v) is 5.74. The summed E-state index contributed by atoms with van der Waals surface area (Å²) in [7, 11) is 0. The zero-order chi connectivity index (χ0) is 12.1. The first-order chi connectivity index (χ1) is 8.25. The fraction of sp³-hybridized carbons (Fsp3) is 0.500. The highest BCUT2D eigenvalue weighted by atomic mass is 32.2. The van der Waals surface area contributed by atoms with Crippen molar-refractivity contribution in [3.63, 3.8) is 0 Å². The van der Waals surface area contributed by atoms with Crippen molar-refractivity contribution in [2.45, 2.75) is 24.7 Å². The maximum absolute atomic E-state index is 12.0. The lowest BCUT2D eigenvalue weighted by Crippen LogP contribution is -2.40. The molecule has 0 aromatic heterocycles. The van der Waals surface area contributed by atoms with Crippen molar-refractivity contribution in [2.24, 2.45) is 5.92 Å². The van der Waals surface area contributed by atoms with Crippen molar-refractivity contribution >= 4 is 17.7 Å². The van der Waals surface area contributed by atoms with Gasteiger partial charge in [-0.15, -0.1) is 11.8 Å². The number of nitrogens with zero attached hydrogens (tertiary/aromatic N) is 1. The molecule has 1 amide bonds. The van der Waals surface area contributed by atoms with Crippen molar-refractivity contribution in [2.75, 3.05) is 18.8 Å². The SMILES string of the molecule is CC1CCCN(C(=O)CSc2ccccc2)C1. The monoisotopic (exact) mass is 249 g/mol. The topological polar surface area (TPSA) is 20.3 Å². The number of hydrogen-bond acceptors (Lipinski definition) is 2. The van der Waals surface area contributed by atoms with Gasteiger partial charge >= 0.3 is 0 Å². The Morgan fingerprint density at radius 3 is 2.88 bits per heavy atom. The van der Waals surface area contributed by atoms with Gasteiger partial charge in [0.2, 0.25) is 5.91 Å². The predicted octanol–water partition coefficient (Wildman–Crippen LogP) is 3.04. The second kappa shape index (κ2) is 6.10. The molecule has 1 aromatic rings. The van der Waals surface area contributed by atoms with Crippen LogP contribution in [0.4, 0.5) is 0 Å². The van der Waals surface area contributed by atoms with Gasteiger partial charge in [0.1, 0.15) is 0 Å². The highest BCUT2D eigenvalue weighted by Gasteiger charge is 2.20. The Labute approximate surface area is 107 Å². The third-order valence-electron chi connectivity index (χ3n) is 3.12. The largest absolute Gasteiger partial charge is 0.342 e. The molecule has 1 aliphatic rings. The standard InChI is InChI=1S/C14H19NOS/c1-12-6-5-9-15(10-12)14(16)11-17-13-7-3-2-4-8-13/h2-4,7-8,12H,5-6,9-11H2,1H3. The summed E-state index contributed by atoms with van der Waals surface area (Å²) in [5, 5.41) is 0. The van der Waals surface area contributed by atoms with Crippen molar-refractivity contribution in [1.29, 1.82) is 0 Å². The molecule has 0 spiro atoms. The van der Waals surface area contributed by atoms with E-state index in [9.17, 15) is 4.79 Å². The Balaban J connectivity index is 1.81. The van der Waals surface area contributed by atoms with E-state index in [1.165, 1.54) is 11.3 Å². The molecule has 0 bridgehead atoms. The van der Waals surface area contributed by atoms with Crippen LogP contribution in [0.3, 0.4) is 0 Å². The maximum Gasteiger partial charge on any atom is 0.232 e. The Bertz CT molecular complexity index is 366. The van der Waals surface area contributed by atoms with Crippen molar-refractivity contribution in [3.05, 3.63) is 30.3 Å². The van der Waals surface area contributed by atoms with Gasteiger partial charge < -0.3 is 4.90 Å². The van der Waals surface area contributed by atoms with E-state index in [1.54, 1.807) is 11.8 Å². The minimum absolute atomic E-state index is 0.283. The van der Waals surface area contributed by atoms with Crippen LogP contribution in [0.1, 0.15) is 19.8 Å². The van der Waals surface area contributed by atoms with E-state index in [1.807, 2.05) is 23.1 Å². The minimum Gasteiger partial charge on any atom is -0.342 e. The molecule has 0 radical (unpaired) electrons. The molecule has 2 rings (SSSR count). The summed E-state index contributed by atoms with van der Waals surface area (Å²) in [6, 6.07) is 10.1. The van der Waals surface area contributed by atoms with Crippen LogP contribution < -0.4 is 0 Å². The quantitative estimate of drug-likeness (QED) is 0.767. The second-order valence-electron chi connectivity index (χ2n) is 4.69. The summed E-state index contributed by atoms with van der Waals surface area (Å²) in [6.45, 7) is 4.11. The van der Waals surface area contributed by atoms with Crippen LogP contribution in [0.25, 0.3) is 0 Å². The van der Waals surface area contributed by atoms with Gasteiger partial charge in [0.05, 0.1) is 5.75 Å². The Morgan fingerprint density at radius 1 is 1.41 bits per heavy atom. The number of amides is 1. The minimum atomic E-state index is 0.283. The molecule has 0 saturated carbocycles. The van der Waals surface area contributed by atoms with E-state index in [-0.39, 0.29) is 5.91 Å². The van der Waals surface area contributed by atoms with E-state index in [0.29, 0.717) is 11.7 Å². The fourth-order valence-electron chi connectivity index (χ4n) is 2.17. The Morgan fingerprint density at radius 2 is 2.18 bits per heavy atom. The maximum atomic E-state index is 12.0. The average molecular weight is 249 g/mol. The van der Waals surface area contributed by atoms with E-state index >= 15 is 0 Å². The number of piperidine rings is 1. The van der Waals surface area contributed by atoms with Crippen molar-refractivity contribution < 1.29 is 4.79 Å². The van der Waals surface area contributed by atoms with Crippen LogP contribution in [0, 0.1) is 5.92 Å². The van der Waals surface area contributed by atoms with Gasteiger partial charge in [-0.05, 0) is 30.9 Å². The summed E-state index contributed by atoms with van der Waals surface area (Å²) in [4.78, 5) is 15.2. The van der Waals surface area contributed by atoms with Gasteiger partial charge in [-0.3, -0.25) is 4.79 Å². The smallest absolute Gasteiger partial charge is 0.232 e. The van der Waals surface area contributed by atoms with Crippen molar-refractivity contribution in [3.8, 4) is 0 Å². The Hall–Kier alpha value is -0.960. The molecule has 0 N–H and O–H groups in total. The van der Waals surface area contributed by atoms with E-state index < -0.39 is 0 Å². The summed E-state index contributed by atoms with van der Waals surface area (Å²) in [6.07, 6.45) is 2.42. The molecule has 17 heavy (non-hydrogen) atoms. The lowest BCUT2D eigenvalue weighted by molar-refractivity contribution is -0.130. The lowest BCUT2D eigenvalue weighted by Gasteiger charge is -2.30. The summed E-state index contributed by atoms with van der Waals surface area (Å²) in [5.74, 6) is 1.51. The average Bonchev–Trinajstić information content (AvgIpc) is 2.37. The zero-order valence-electron chi connectivity index (χ0n) is 10.3. The normalized spacial score (nSPS) is 20.3. The lowest BCUT2D eigenvalue weighted by atomic mass is 10.0. The van der Waals surface area contributed by atoms with Gasteiger partial charge in [-0.1, -0.05) is 25.1 Å². The van der Waals surface area contributed by atoms with Gasteiger partial charge in [0.25, 0.3) is 0 Å². The zero-order valence-corrected chi connectivity index (χ0v) is 11.1. The number of carbonyl (C=O) groups is 1. The number of hydrogen-bond donors (Lipinski definition) is 0. The van der Waals surface area contributed by atoms with Crippen molar-refractivity contribution in [1.82, 2.24) is 4.90 Å². The molecule has 1 atom stereocenters. The van der Waals surface area contributed by atoms with Gasteiger partial charge in [0, 0.05) is 18.0 Å². The number of thioether (sulfide) groups is 1. The van der Waals surface area contributed by atoms with Crippen LogP contribution in [-0.2, 0) is 4.79 Å². The van der Waals surface area contributed by atoms with Crippen LogP contribution in [-0.4, -0.2) is 29.6 Å². The van der Waals surface area contributed by atoms with E-state index in [2.05, 4.69) is 19.1 Å². The van der Waals surface area contributed by atoms with E-state index in [0.717, 1.165) is 19.5 Å². The molecule has 1 saturated heterocycles. The summed E-state index contributed by atoms with van der Waals surface area (Å²) < 4.78 is 0. The molecular formula is C14H19NOS. The van der Waals surface area contributed by atoms with Gasteiger partial charge in [-0.2, -0.15) is 0 Å². The number of benzene rings is 1. The third-order valence-corrected chi connectivity index (χ3v) is 4.11. The fourth-order valence-corrected chi connectivity index (χ4v) is 2.99. The first-order valence-electron chi connectivity index (χ1n) is 6.21. The first-order valence-corrected chi connectivity index (χ1v) is 7.20. The highest BCUT2D eigenvalue weighted by molar-refractivity contribution is 8.00. The van der Waals surface area contributed by atoms with Crippen LogP contribution >= 0.6 is 11.8 Å². The first kappa shape index (κ1) is 12.5. The molecule has 92 valence electrons. The molecule has 0 aliphatic carbocycles. The molecule has 1 unspecified atom stereocenters. The third kappa shape index (κ3) is 3.77. The summed E-state index contributed by atoms with van der Waals surface area (Å²) >= 11 is 1.63. The predicted molar refractivity (Wildman–Crippen MR) is 72.1 cm³/mol. The molecular weight excluding hydrogens is 230 g/mol. The molecule has 2 nitrogen and oxygen atoms in total. The van der Waals surface area contributed by atoms with Gasteiger partial charge in [-0.25, -0.2) is 0 Å². The van der Waals surface area contributed by atoms with Gasteiger partial charge in [0.15, 0.2) is 0 Å². The Kier molecular flexibility index (Phi) is 4.49. The van der Waals surface area contributed by atoms with Crippen LogP contribution in [0.5, 0.6) is 0 Å². The number of likely N-dealkylation sites (tertiary alicyclic amines) is 1. The highest BCUT2D eigenvalue weighted by Crippen LogP contribution is 2.20. The molecule has 1 heterocycles. The van der Waals surface area contributed by atoms with E-state index in [4.69, 9.17) is 0 Å². The molecule has 1 aromatic carbocycles. The summed E-state index contributed by atoms with van der Waals surface area (Å²) in [5.41, 5.74) is 0. The van der Waals surface area contributed by atoms with Crippen LogP contribution in [0.15, 0.2) is 35.2 Å².